The average molecular weight is 492 g/mol. The molecular formula is C19H21BrF3N3O2S. The van der Waals surface area contributed by atoms with Gasteiger partial charge in [0.15, 0.2) is 5.11 Å². The maximum absolute atomic E-state index is 13.4. The van der Waals surface area contributed by atoms with Gasteiger partial charge in [-0.15, -0.1) is 0 Å². The number of carbonyl (C=O) groups is 1. The first-order chi connectivity index (χ1) is 13.7. The van der Waals surface area contributed by atoms with Crippen molar-refractivity contribution in [2.24, 2.45) is 4.99 Å². The monoisotopic (exact) mass is 491 g/mol. The lowest BCUT2D eigenvalue weighted by Crippen LogP contribution is -2.47. The molecule has 0 radical (unpaired) electrons. The quantitative estimate of drug-likeness (QED) is 0.324. The Bertz CT molecular complexity index is 814. The van der Waals surface area contributed by atoms with Crippen molar-refractivity contribution >= 4 is 51.1 Å². The van der Waals surface area contributed by atoms with Gasteiger partial charge in [-0.25, -0.2) is 0 Å². The summed E-state index contributed by atoms with van der Waals surface area (Å²) in [5.41, 5.74) is -0.820. The van der Waals surface area contributed by atoms with Crippen LogP contribution in [0.4, 0.5) is 18.9 Å². The van der Waals surface area contributed by atoms with E-state index in [0.29, 0.717) is 6.42 Å². The number of thiocarbonyl (C=S) groups is 1. The molecule has 0 saturated heterocycles. The van der Waals surface area contributed by atoms with E-state index in [0.717, 1.165) is 18.9 Å². The maximum atomic E-state index is 13.4. The van der Waals surface area contributed by atoms with E-state index >= 15 is 0 Å². The fraction of sp³-hybridized carbons (Fsp3) is 0.421. The summed E-state index contributed by atoms with van der Waals surface area (Å²) in [6.07, 6.45) is 2.70. The molecule has 5 nitrogen and oxygen atoms in total. The van der Waals surface area contributed by atoms with Crippen LogP contribution in [0.15, 0.2) is 35.3 Å². The fourth-order valence-corrected chi connectivity index (χ4v) is 3.11. The zero-order valence-corrected chi connectivity index (χ0v) is 18.1. The van der Waals surface area contributed by atoms with Crippen molar-refractivity contribution in [3.63, 3.8) is 0 Å². The van der Waals surface area contributed by atoms with Gasteiger partial charge in [-0.1, -0.05) is 41.8 Å². The number of halogens is 4. The molecule has 29 heavy (non-hydrogen) atoms. The molecule has 0 bridgehead atoms. The lowest BCUT2D eigenvalue weighted by atomic mass is 10.1. The van der Waals surface area contributed by atoms with Gasteiger partial charge in [-0.2, -0.15) is 13.2 Å². The number of carbonyl (C=O) groups excluding carboxylic acids is 1. The first-order valence-electron chi connectivity index (χ1n) is 8.99. The third-order valence-electron chi connectivity index (χ3n) is 4.03. The van der Waals surface area contributed by atoms with Gasteiger partial charge in [0.2, 0.25) is 5.91 Å². The second kappa shape index (κ2) is 10.2. The molecule has 158 valence electrons. The number of rotatable bonds is 7. The van der Waals surface area contributed by atoms with E-state index in [1.807, 2.05) is 6.92 Å². The van der Waals surface area contributed by atoms with Crippen LogP contribution in [0.2, 0.25) is 0 Å². The van der Waals surface area contributed by atoms with Crippen LogP contribution < -0.4 is 15.4 Å². The molecule has 1 aliphatic rings. The van der Waals surface area contributed by atoms with Crippen molar-refractivity contribution in [3.8, 4) is 5.75 Å². The minimum atomic E-state index is -4.59. The standard InChI is InChI=1S/C19H21BrF3N3O2S/c1-2-3-4-10-28-15-7-6-13(11-14(15)19(21,22)23)25-17(29)26-16(27)18(20)8-5-9-24-12-18/h5-9,11H,2-4,10,12H2,1H3,(H2,25,26,27,29). The Morgan fingerprint density at radius 1 is 1.38 bits per heavy atom. The molecule has 0 saturated carbocycles. The summed E-state index contributed by atoms with van der Waals surface area (Å²) in [6.45, 7) is 2.39. The number of dihydropyridines is 1. The van der Waals surface area contributed by atoms with E-state index in [-0.39, 0.29) is 29.7 Å². The van der Waals surface area contributed by atoms with Crippen LogP contribution in [0.5, 0.6) is 5.75 Å². The van der Waals surface area contributed by atoms with Crippen molar-refractivity contribution in [3.05, 3.63) is 35.9 Å². The lowest BCUT2D eigenvalue weighted by molar-refractivity contribution is -0.139. The molecule has 1 aromatic rings. The highest BCUT2D eigenvalue weighted by Gasteiger charge is 2.36. The van der Waals surface area contributed by atoms with Crippen LogP contribution in [-0.2, 0) is 11.0 Å². The van der Waals surface area contributed by atoms with Gasteiger partial charge in [-0.05, 0) is 42.9 Å². The molecule has 1 atom stereocenters. The fourth-order valence-electron chi connectivity index (χ4n) is 2.50. The topological polar surface area (TPSA) is 62.7 Å². The Balaban J connectivity index is 2.06. The minimum absolute atomic E-state index is 0.0874. The zero-order valence-electron chi connectivity index (χ0n) is 15.7. The molecule has 0 aromatic heterocycles. The Hall–Kier alpha value is -1.94. The van der Waals surface area contributed by atoms with Gasteiger partial charge in [0, 0.05) is 11.9 Å². The Kier molecular flexibility index (Phi) is 8.21. The van der Waals surface area contributed by atoms with E-state index in [1.54, 1.807) is 18.4 Å². The number of amides is 1. The van der Waals surface area contributed by atoms with Crippen LogP contribution in [0.25, 0.3) is 0 Å². The molecule has 2 N–H and O–H groups in total. The summed E-state index contributed by atoms with van der Waals surface area (Å²) in [6, 6.07) is 3.56. The molecule has 2 rings (SSSR count). The number of anilines is 1. The van der Waals surface area contributed by atoms with Gasteiger partial charge in [0.25, 0.3) is 0 Å². The van der Waals surface area contributed by atoms with E-state index in [2.05, 4.69) is 31.6 Å². The summed E-state index contributed by atoms with van der Waals surface area (Å²) < 4.78 is 44.5. The first kappa shape index (κ1) is 23.3. The Labute approximate surface area is 180 Å². The van der Waals surface area contributed by atoms with Crippen LogP contribution in [0, 0.1) is 0 Å². The van der Waals surface area contributed by atoms with Gasteiger partial charge in [-0.3, -0.25) is 9.79 Å². The molecule has 1 heterocycles. The van der Waals surface area contributed by atoms with E-state index in [1.165, 1.54) is 12.1 Å². The normalized spacial score (nSPS) is 18.4. The van der Waals surface area contributed by atoms with Crippen molar-refractivity contribution < 1.29 is 22.7 Å². The van der Waals surface area contributed by atoms with Crippen molar-refractivity contribution in [2.75, 3.05) is 18.5 Å². The second-order valence-electron chi connectivity index (χ2n) is 6.38. The van der Waals surface area contributed by atoms with Crippen LogP contribution >= 0.6 is 28.1 Å². The molecule has 0 aliphatic carbocycles. The predicted octanol–water partition coefficient (Wildman–Crippen LogP) is 4.86. The largest absolute Gasteiger partial charge is 0.493 e. The number of ether oxygens (including phenoxy) is 1. The first-order valence-corrected chi connectivity index (χ1v) is 10.2. The number of alkyl halides is 4. The SMILES string of the molecule is CCCCCOc1ccc(NC(=S)NC(=O)C2(Br)C=CC=NC2)cc1C(F)(F)F. The van der Waals surface area contributed by atoms with Gasteiger partial charge >= 0.3 is 6.18 Å². The number of unbranched alkanes of at least 4 members (excludes halogenated alkanes) is 2. The van der Waals surface area contributed by atoms with Gasteiger partial charge in [0.1, 0.15) is 10.1 Å². The molecule has 1 aliphatic heterocycles. The van der Waals surface area contributed by atoms with Gasteiger partial charge < -0.3 is 15.4 Å². The average Bonchev–Trinajstić information content (AvgIpc) is 2.65. The molecule has 0 fully saturated rings. The summed E-state index contributed by atoms with van der Waals surface area (Å²) >= 11 is 8.35. The molecule has 10 heteroatoms. The molecule has 1 aromatic carbocycles. The number of benzene rings is 1. The van der Waals surface area contributed by atoms with Crippen LogP contribution in [0.3, 0.4) is 0 Å². The number of nitrogens with one attached hydrogen (secondary N) is 2. The number of nitrogens with zero attached hydrogens (tertiary/aromatic N) is 1. The highest BCUT2D eigenvalue weighted by molar-refractivity contribution is 9.10. The predicted molar refractivity (Wildman–Crippen MR) is 115 cm³/mol. The van der Waals surface area contributed by atoms with Crippen LogP contribution in [0.1, 0.15) is 31.7 Å². The maximum Gasteiger partial charge on any atom is 0.420 e. The Morgan fingerprint density at radius 3 is 2.76 bits per heavy atom. The summed E-state index contributed by atoms with van der Waals surface area (Å²) in [7, 11) is 0. The molecular weight excluding hydrogens is 471 g/mol. The molecule has 1 amide bonds. The van der Waals surface area contributed by atoms with E-state index < -0.39 is 22.0 Å². The van der Waals surface area contributed by atoms with Gasteiger partial charge in [0.05, 0.1) is 18.7 Å². The Morgan fingerprint density at radius 2 is 2.14 bits per heavy atom. The third-order valence-corrected chi connectivity index (χ3v) is 5.11. The van der Waals surface area contributed by atoms with Crippen molar-refractivity contribution in [1.29, 1.82) is 0 Å². The van der Waals surface area contributed by atoms with Crippen molar-refractivity contribution in [2.45, 2.75) is 36.7 Å². The van der Waals surface area contributed by atoms with Crippen LogP contribution in [-0.4, -0.2) is 34.7 Å². The number of hydrogen-bond donors (Lipinski definition) is 2. The number of aliphatic imine (C=N–C) groups is 1. The number of hydrogen-bond acceptors (Lipinski definition) is 4. The number of allylic oxidation sites excluding steroid dienone is 1. The lowest BCUT2D eigenvalue weighted by Gasteiger charge is -2.23. The summed E-state index contributed by atoms with van der Waals surface area (Å²) in [4.78, 5) is 16.4. The second-order valence-corrected chi connectivity index (χ2v) is 8.21. The highest BCUT2D eigenvalue weighted by Crippen LogP contribution is 2.38. The zero-order chi connectivity index (χ0) is 21.5. The summed E-state index contributed by atoms with van der Waals surface area (Å²) in [5.74, 6) is -0.714. The molecule has 0 spiro atoms. The highest BCUT2D eigenvalue weighted by atomic mass is 79.9. The third kappa shape index (κ3) is 6.81. The summed E-state index contributed by atoms with van der Waals surface area (Å²) in [5, 5.41) is 4.94. The molecule has 1 unspecified atom stereocenters. The smallest absolute Gasteiger partial charge is 0.420 e. The van der Waals surface area contributed by atoms with E-state index in [4.69, 9.17) is 17.0 Å². The van der Waals surface area contributed by atoms with E-state index in [9.17, 15) is 18.0 Å². The minimum Gasteiger partial charge on any atom is -0.493 e. The van der Waals surface area contributed by atoms with Crippen molar-refractivity contribution in [1.82, 2.24) is 5.32 Å².